The molecule has 7 nitrogen and oxygen atoms in total. The van der Waals surface area contributed by atoms with Gasteiger partial charge in [0, 0.05) is 17.6 Å². The fourth-order valence-corrected chi connectivity index (χ4v) is 5.76. The van der Waals surface area contributed by atoms with Crippen LogP contribution in [0.5, 0.6) is 0 Å². The van der Waals surface area contributed by atoms with Gasteiger partial charge in [-0.25, -0.2) is 0 Å². The monoisotopic (exact) mass is 401 g/mol. The van der Waals surface area contributed by atoms with Crippen molar-refractivity contribution in [3.05, 3.63) is 12.2 Å². The van der Waals surface area contributed by atoms with E-state index in [2.05, 4.69) is 10.6 Å². The standard InChI is InChI=1S/C22H31N3O4/c1-21(2,3)24-19(27)17-22-11-10-14(29-22)15(18(26)23-12-6-4-5-7-12)16(22)20(28)25(17)13-8-9-13/h10-17H,4-9H2,1-3H3,(H,23,26)(H,24,27)/t14-,15+,16-,17-,22+/m1/s1. The first-order valence-electron chi connectivity index (χ1n) is 11.0. The molecule has 0 radical (unpaired) electrons. The first kappa shape index (κ1) is 19.1. The largest absolute Gasteiger partial charge is 0.359 e. The minimum absolute atomic E-state index is 0.0767. The summed E-state index contributed by atoms with van der Waals surface area (Å²) in [5.41, 5.74) is -1.44. The molecule has 2 aliphatic carbocycles. The first-order chi connectivity index (χ1) is 13.7. The number of ether oxygens (including phenoxy) is 1. The van der Waals surface area contributed by atoms with Gasteiger partial charge in [0.05, 0.1) is 17.9 Å². The molecule has 158 valence electrons. The summed E-state index contributed by atoms with van der Waals surface area (Å²) in [7, 11) is 0. The van der Waals surface area contributed by atoms with Crippen molar-refractivity contribution in [1.29, 1.82) is 0 Å². The molecule has 3 amide bonds. The number of likely N-dealkylation sites (tertiary alicyclic amines) is 1. The summed E-state index contributed by atoms with van der Waals surface area (Å²) in [5, 5.41) is 6.19. The van der Waals surface area contributed by atoms with Crippen LogP contribution in [0.25, 0.3) is 0 Å². The van der Waals surface area contributed by atoms with Gasteiger partial charge in [-0.3, -0.25) is 14.4 Å². The zero-order valence-electron chi connectivity index (χ0n) is 17.4. The molecule has 2 N–H and O–H groups in total. The topological polar surface area (TPSA) is 87.7 Å². The zero-order valence-corrected chi connectivity index (χ0v) is 17.4. The second-order valence-electron chi connectivity index (χ2n) is 10.4. The van der Waals surface area contributed by atoms with Gasteiger partial charge in [-0.15, -0.1) is 0 Å². The highest BCUT2D eigenvalue weighted by atomic mass is 16.5. The lowest BCUT2D eigenvalue weighted by Crippen LogP contribution is -2.58. The molecule has 1 spiro atoms. The van der Waals surface area contributed by atoms with Crippen LogP contribution in [0.15, 0.2) is 12.2 Å². The van der Waals surface area contributed by atoms with Crippen molar-refractivity contribution < 1.29 is 19.1 Å². The fourth-order valence-electron chi connectivity index (χ4n) is 5.76. The van der Waals surface area contributed by atoms with Gasteiger partial charge in [0.25, 0.3) is 0 Å². The number of rotatable bonds is 4. The molecular formula is C22H31N3O4. The molecule has 0 aromatic heterocycles. The first-order valence-corrected chi connectivity index (χ1v) is 11.0. The molecule has 0 aromatic rings. The van der Waals surface area contributed by atoms with Crippen molar-refractivity contribution in [2.75, 3.05) is 0 Å². The average Bonchev–Trinajstić information content (AvgIpc) is 2.99. The molecule has 29 heavy (non-hydrogen) atoms. The van der Waals surface area contributed by atoms with Crippen LogP contribution in [-0.2, 0) is 19.1 Å². The Balaban J connectivity index is 1.46. The van der Waals surface area contributed by atoms with E-state index in [0.29, 0.717) is 0 Å². The summed E-state index contributed by atoms with van der Waals surface area (Å²) in [6.07, 6.45) is 9.39. The summed E-state index contributed by atoms with van der Waals surface area (Å²) in [6.45, 7) is 5.79. The van der Waals surface area contributed by atoms with Crippen molar-refractivity contribution in [3.8, 4) is 0 Å². The minimum atomic E-state index is -1.03. The number of fused-ring (bicyclic) bond motifs is 1. The second-order valence-corrected chi connectivity index (χ2v) is 10.4. The Morgan fingerprint density at radius 3 is 2.45 bits per heavy atom. The lowest BCUT2D eigenvalue weighted by molar-refractivity contribution is -0.143. The summed E-state index contributed by atoms with van der Waals surface area (Å²) in [5.74, 6) is -1.56. The molecule has 3 heterocycles. The molecule has 0 unspecified atom stereocenters. The Bertz CT molecular complexity index is 777. The van der Waals surface area contributed by atoms with Crippen molar-refractivity contribution in [2.45, 2.75) is 94.7 Å². The van der Waals surface area contributed by atoms with Gasteiger partial charge >= 0.3 is 0 Å². The molecule has 0 aromatic carbocycles. The third kappa shape index (κ3) is 2.92. The molecule has 4 fully saturated rings. The lowest BCUT2D eigenvalue weighted by Gasteiger charge is -2.34. The predicted octanol–water partition coefficient (Wildman–Crippen LogP) is 1.27. The summed E-state index contributed by atoms with van der Waals surface area (Å²) < 4.78 is 6.31. The number of hydrogen-bond donors (Lipinski definition) is 2. The molecule has 3 aliphatic heterocycles. The Hall–Kier alpha value is -1.89. The van der Waals surface area contributed by atoms with Gasteiger partial charge in [0.2, 0.25) is 17.7 Å². The molecule has 2 saturated carbocycles. The van der Waals surface area contributed by atoms with Crippen molar-refractivity contribution >= 4 is 17.7 Å². The van der Waals surface area contributed by atoms with E-state index in [-0.39, 0.29) is 29.8 Å². The Morgan fingerprint density at radius 2 is 1.83 bits per heavy atom. The van der Waals surface area contributed by atoms with Crippen LogP contribution in [0.3, 0.4) is 0 Å². The van der Waals surface area contributed by atoms with E-state index in [0.717, 1.165) is 38.5 Å². The van der Waals surface area contributed by atoms with Crippen molar-refractivity contribution in [1.82, 2.24) is 15.5 Å². The van der Waals surface area contributed by atoms with Crippen LogP contribution in [0, 0.1) is 11.8 Å². The number of amides is 3. The van der Waals surface area contributed by atoms with Gasteiger partial charge in [-0.05, 0) is 46.5 Å². The third-order valence-electron chi connectivity index (χ3n) is 7.00. The number of carbonyl (C=O) groups is 3. The molecule has 2 saturated heterocycles. The third-order valence-corrected chi connectivity index (χ3v) is 7.00. The van der Waals surface area contributed by atoms with Crippen LogP contribution in [0.2, 0.25) is 0 Å². The quantitative estimate of drug-likeness (QED) is 0.695. The number of nitrogens with zero attached hydrogens (tertiary/aromatic N) is 1. The number of carbonyl (C=O) groups excluding carboxylic acids is 3. The van der Waals surface area contributed by atoms with Gasteiger partial charge < -0.3 is 20.3 Å². The predicted molar refractivity (Wildman–Crippen MR) is 106 cm³/mol. The minimum Gasteiger partial charge on any atom is -0.359 e. The molecule has 5 atom stereocenters. The van der Waals surface area contributed by atoms with Crippen LogP contribution < -0.4 is 10.6 Å². The Morgan fingerprint density at radius 1 is 1.14 bits per heavy atom. The van der Waals surface area contributed by atoms with E-state index in [4.69, 9.17) is 4.74 Å². The normalized spacial score (nSPS) is 38.6. The Labute approximate surface area is 171 Å². The SMILES string of the molecule is CC(C)(C)NC(=O)[C@H]1N(C2CC2)C(=O)[C@H]2[C@@H](C(=O)NC3CCCC3)[C@H]3C=C[C@]21O3. The summed E-state index contributed by atoms with van der Waals surface area (Å²) in [6, 6.07) is -0.442. The van der Waals surface area contributed by atoms with Gasteiger partial charge in [-0.2, -0.15) is 0 Å². The fraction of sp³-hybridized carbons (Fsp3) is 0.773. The maximum atomic E-state index is 13.5. The average molecular weight is 402 g/mol. The van der Waals surface area contributed by atoms with E-state index in [1.165, 1.54) is 0 Å². The van der Waals surface area contributed by atoms with Crippen molar-refractivity contribution in [2.24, 2.45) is 11.8 Å². The lowest BCUT2D eigenvalue weighted by atomic mass is 9.74. The molecule has 5 aliphatic rings. The number of nitrogens with one attached hydrogen (secondary N) is 2. The van der Waals surface area contributed by atoms with Gasteiger partial charge in [0.1, 0.15) is 11.6 Å². The highest BCUT2D eigenvalue weighted by Crippen LogP contribution is 2.57. The summed E-state index contributed by atoms with van der Waals surface area (Å²) >= 11 is 0. The van der Waals surface area contributed by atoms with E-state index in [1.54, 1.807) is 4.90 Å². The van der Waals surface area contributed by atoms with Crippen LogP contribution in [0.1, 0.15) is 59.3 Å². The van der Waals surface area contributed by atoms with E-state index >= 15 is 0 Å². The van der Waals surface area contributed by atoms with Crippen LogP contribution in [0.4, 0.5) is 0 Å². The second kappa shape index (κ2) is 6.30. The van der Waals surface area contributed by atoms with E-state index in [1.807, 2.05) is 32.9 Å². The highest BCUT2D eigenvalue weighted by Gasteiger charge is 2.74. The van der Waals surface area contributed by atoms with Gasteiger partial charge in [0.15, 0.2) is 0 Å². The zero-order chi connectivity index (χ0) is 20.6. The highest BCUT2D eigenvalue weighted by molar-refractivity contribution is 6.00. The molecular weight excluding hydrogens is 370 g/mol. The smallest absolute Gasteiger partial charge is 0.246 e. The maximum absolute atomic E-state index is 13.5. The van der Waals surface area contributed by atoms with E-state index in [9.17, 15) is 14.4 Å². The summed E-state index contributed by atoms with van der Waals surface area (Å²) in [4.78, 5) is 41.8. The van der Waals surface area contributed by atoms with Gasteiger partial charge in [-0.1, -0.05) is 25.0 Å². The molecule has 5 rings (SSSR count). The van der Waals surface area contributed by atoms with Crippen LogP contribution >= 0.6 is 0 Å². The van der Waals surface area contributed by atoms with Crippen LogP contribution in [-0.4, -0.2) is 58.0 Å². The van der Waals surface area contributed by atoms with E-state index < -0.39 is 35.1 Å². The van der Waals surface area contributed by atoms with Crippen molar-refractivity contribution in [3.63, 3.8) is 0 Å². The number of hydrogen-bond acceptors (Lipinski definition) is 4. The molecule has 7 heteroatoms. The maximum Gasteiger partial charge on any atom is 0.246 e. The molecule has 2 bridgehead atoms. The Kier molecular flexibility index (Phi) is 4.15.